The van der Waals surface area contributed by atoms with E-state index in [2.05, 4.69) is 15.3 Å². The van der Waals surface area contributed by atoms with Crippen LogP contribution in [0, 0.1) is 0 Å². The summed E-state index contributed by atoms with van der Waals surface area (Å²) in [7, 11) is 0. The van der Waals surface area contributed by atoms with Gasteiger partial charge in [-0.05, 0) is 41.5 Å². The molecule has 0 unspecified atom stereocenters. The molecule has 0 fully saturated rings. The summed E-state index contributed by atoms with van der Waals surface area (Å²) in [5.41, 5.74) is 4.80. The molecule has 3 aromatic carbocycles. The van der Waals surface area contributed by atoms with Crippen LogP contribution in [-0.2, 0) is 14.3 Å². The zero-order chi connectivity index (χ0) is 21.5. The first kappa shape index (κ1) is 20.0. The van der Waals surface area contributed by atoms with Crippen LogP contribution in [0.1, 0.15) is 5.69 Å². The second kappa shape index (κ2) is 9.45. The van der Waals surface area contributed by atoms with Crippen molar-refractivity contribution >= 4 is 34.7 Å². The molecular weight excluding hydrogens is 390 g/mol. The van der Waals surface area contributed by atoms with Crippen LogP contribution >= 0.6 is 0 Å². The van der Waals surface area contributed by atoms with E-state index >= 15 is 0 Å². The molecule has 1 heterocycles. The van der Waals surface area contributed by atoms with Gasteiger partial charge in [0.15, 0.2) is 6.61 Å². The highest BCUT2D eigenvalue weighted by Crippen LogP contribution is 2.20. The monoisotopic (exact) mass is 409 g/mol. The second-order valence-corrected chi connectivity index (χ2v) is 6.72. The fraction of sp³-hybridized carbons (Fsp3) is 0.0400. The molecule has 0 saturated carbocycles. The molecule has 0 aliphatic rings. The number of fused-ring (bicyclic) bond motifs is 1. The molecule has 0 atom stereocenters. The number of para-hydroxylation sites is 2. The van der Waals surface area contributed by atoms with Crippen LogP contribution in [0.15, 0.2) is 91.1 Å². The number of carbonyl (C=O) groups excluding carboxylic acids is 2. The number of anilines is 1. The van der Waals surface area contributed by atoms with Crippen LogP contribution in [0.2, 0.25) is 0 Å². The number of nitrogens with one attached hydrogen (secondary N) is 1. The lowest BCUT2D eigenvalue weighted by atomic mass is 10.1. The van der Waals surface area contributed by atoms with Crippen molar-refractivity contribution in [1.82, 2.24) is 9.97 Å². The van der Waals surface area contributed by atoms with E-state index in [4.69, 9.17) is 4.74 Å². The number of rotatable bonds is 6. The number of aromatic nitrogens is 2. The maximum atomic E-state index is 12.1. The van der Waals surface area contributed by atoms with Crippen molar-refractivity contribution in [3.63, 3.8) is 0 Å². The Bertz CT molecular complexity index is 1240. The maximum Gasteiger partial charge on any atom is 0.331 e. The lowest BCUT2D eigenvalue weighted by Crippen LogP contribution is -2.20. The highest BCUT2D eigenvalue weighted by Gasteiger charge is 2.06. The maximum absolute atomic E-state index is 12.1. The van der Waals surface area contributed by atoms with Crippen molar-refractivity contribution in [1.29, 1.82) is 0 Å². The van der Waals surface area contributed by atoms with Crippen LogP contribution in [0.4, 0.5) is 5.69 Å². The third-order valence-electron chi connectivity index (χ3n) is 4.48. The molecule has 0 bridgehead atoms. The number of ether oxygens (including phenoxy) is 1. The average Bonchev–Trinajstić information content (AvgIpc) is 2.82. The predicted octanol–water partition coefficient (Wildman–Crippen LogP) is 4.49. The van der Waals surface area contributed by atoms with Crippen LogP contribution in [0.25, 0.3) is 28.2 Å². The van der Waals surface area contributed by atoms with Crippen molar-refractivity contribution in [2.45, 2.75) is 0 Å². The predicted molar refractivity (Wildman–Crippen MR) is 120 cm³/mol. The number of carbonyl (C=O) groups is 2. The van der Waals surface area contributed by atoms with E-state index in [-0.39, 0.29) is 6.61 Å². The first-order valence-electron chi connectivity index (χ1n) is 9.69. The van der Waals surface area contributed by atoms with Crippen LogP contribution in [-0.4, -0.2) is 28.5 Å². The Kier molecular flexibility index (Phi) is 6.09. The zero-order valence-corrected chi connectivity index (χ0v) is 16.6. The van der Waals surface area contributed by atoms with E-state index in [1.54, 1.807) is 18.3 Å². The van der Waals surface area contributed by atoms with Crippen LogP contribution in [0.3, 0.4) is 0 Å². The zero-order valence-electron chi connectivity index (χ0n) is 16.6. The molecule has 1 amide bonds. The van der Waals surface area contributed by atoms with Crippen LogP contribution < -0.4 is 5.32 Å². The Labute approximate surface area is 179 Å². The third kappa shape index (κ3) is 5.39. The minimum absolute atomic E-state index is 0.382. The molecule has 0 spiro atoms. The van der Waals surface area contributed by atoms with Crippen LogP contribution in [0.5, 0.6) is 0 Å². The van der Waals surface area contributed by atoms with Crippen molar-refractivity contribution in [3.05, 3.63) is 96.8 Å². The summed E-state index contributed by atoms with van der Waals surface area (Å²) in [4.78, 5) is 32.6. The molecule has 152 valence electrons. The summed E-state index contributed by atoms with van der Waals surface area (Å²) in [6, 6.07) is 24.8. The SMILES string of the molecule is O=C(COC(=O)/C=C/c1cnc2ccccc2n1)Nc1ccc(-c2ccccc2)cc1. The molecule has 4 rings (SSSR count). The highest BCUT2D eigenvalue weighted by molar-refractivity contribution is 5.94. The molecule has 6 heteroatoms. The van der Waals surface area contributed by atoms with Gasteiger partial charge in [0.05, 0.1) is 22.9 Å². The number of nitrogens with zero attached hydrogens (tertiary/aromatic N) is 2. The summed E-state index contributed by atoms with van der Waals surface area (Å²) in [5, 5.41) is 2.71. The van der Waals surface area contributed by atoms with Gasteiger partial charge in [-0.2, -0.15) is 0 Å². The van der Waals surface area contributed by atoms with Gasteiger partial charge in [0, 0.05) is 11.8 Å². The van der Waals surface area contributed by atoms with E-state index in [0.29, 0.717) is 11.4 Å². The molecule has 0 aliphatic carbocycles. The van der Waals surface area contributed by atoms with Gasteiger partial charge in [0.25, 0.3) is 5.91 Å². The summed E-state index contributed by atoms with van der Waals surface area (Å²) < 4.78 is 4.99. The number of amides is 1. The summed E-state index contributed by atoms with van der Waals surface area (Å²) in [6.07, 6.45) is 4.29. The molecule has 0 saturated heterocycles. The fourth-order valence-electron chi connectivity index (χ4n) is 2.96. The van der Waals surface area contributed by atoms with E-state index in [0.717, 1.165) is 22.2 Å². The van der Waals surface area contributed by atoms with Gasteiger partial charge in [-0.3, -0.25) is 9.78 Å². The molecule has 6 nitrogen and oxygen atoms in total. The minimum atomic E-state index is -0.635. The first-order chi connectivity index (χ1) is 15.2. The second-order valence-electron chi connectivity index (χ2n) is 6.72. The number of benzene rings is 3. The summed E-state index contributed by atoms with van der Waals surface area (Å²) >= 11 is 0. The fourth-order valence-corrected chi connectivity index (χ4v) is 2.96. The van der Waals surface area contributed by atoms with Gasteiger partial charge >= 0.3 is 5.97 Å². The first-order valence-corrected chi connectivity index (χ1v) is 9.69. The molecular formula is C25H19N3O3. The lowest BCUT2D eigenvalue weighted by molar-refractivity contribution is -0.142. The average molecular weight is 409 g/mol. The Balaban J connectivity index is 1.28. The Morgan fingerprint density at radius 3 is 2.29 bits per heavy atom. The third-order valence-corrected chi connectivity index (χ3v) is 4.48. The van der Waals surface area contributed by atoms with Crippen molar-refractivity contribution < 1.29 is 14.3 Å². The van der Waals surface area contributed by atoms with Crippen molar-refractivity contribution in [2.24, 2.45) is 0 Å². The molecule has 1 N–H and O–H groups in total. The smallest absolute Gasteiger partial charge is 0.331 e. The molecule has 31 heavy (non-hydrogen) atoms. The quantitative estimate of drug-likeness (QED) is 0.375. The normalized spacial score (nSPS) is 10.8. The summed E-state index contributed by atoms with van der Waals surface area (Å²) in [6.45, 7) is -0.382. The van der Waals surface area contributed by atoms with E-state index in [9.17, 15) is 9.59 Å². The topological polar surface area (TPSA) is 81.2 Å². The Hall–Kier alpha value is -4.32. The van der Waals surface area contributed by atoms with E-state index < -0.39 is 11.9 Å². The Morgan fingerprint density at radius 2 is 1.52 bits per heavy atom. The Morgan fingerprint density at radius 1 is 0.839 bits per heavy atom. The van der Waals surface area contributed by atoms with E-state index in [1.807, 2.05) is 66.7 Å². The minimum Gasteiger partial charge on any atom is -0.452 e. The number of hydrogen-bond donors (Lipinski definition) is 1. The van der Waals surface area contributed by atoms with Crippen molar-refractivity contribution in [3.8, 4) is 11.1 Å². The van der Waals surface area contributed by atoms with Gasteiger partial charge in [-0.25, -0.2) is 9.78 Å². The van der Waals surface area contributed by atoms with Gasteiger partial charge in [0.1, 0.15) is 0 Å². The molecule has 4 aromatic rings. The molecule has 0 radical (unpaired) electrons. The van der Waals surface area contributed by atoms with Gasteiger partial charge in [0.2, 0.25) is 0 Å². The highest BCUT2D eigenvalue weighted by atomic mass is 16.5. The standard InChI is InChI=1S/C25H19N3O3/c29-24(28-20-12-10-19(11-13-20)18-6-2-1-3-7-18)17-31-25(30)15-14-21-16-26-22-8-4-5-9-23(22)27-21/h1-16H,17H2,(H,28,29)/b15-14+. The van der Waals surface area contributed by atoms with Gasteiger partial charge in [-0.15, -0.1) is 0 Å². The summed E-state index contributed by atoms with van der Waals surface area (Å²) in [5.74, 6) is -1.05. The number of esters is 1. The molecule has 0 aliphatic heterocycles. The van der Waals surface area contributed by atoms with Gasteiger partial charge in [-0.1, -0.05) is 54.6 Å². The van der Waals surface area contributed by atoms with Crippen molar-refractivity contribution in [2.75, 3.05) is 11.9 Å². The number of hydrogen-bond acceptors (Lipinski definition) is 5. The largest absolute Gasteiger partial charge is 0.452 e. The lowest BCUT2D eigenvalue weighted by Gasteiger charge is -2.07. The molecule has 1 aromatic heterocycles. The van der Waals surface area contributed by atoms with Gasteiger partial charge < -0.3 is 10.1 Å². The van der Waals surface area contributed by atoms with E-state index in [1.165, 1.54) is 12.2 Å².